The summed E-state index contributed by atoms with van der Waals surface area (Å²) in [4.78, 5) is 25.0. The molecule has 0 aromatic heterocycles. The normalized spacial score (nSPS) is 12.3. The number of halogens is 1. The van der Waals surface area contributed by atoms with Crippen molar-refractivity contribution in [3.05, 3.63) is 28.3 Å². The van der Waals surface area contributed by atoms with Crippen molar-refractivity contribution < 1.29 is 14.7 Å². The molecule has 1 aromatic rings. The maximum atomic E-state index is 12.4. The topological polar surface area (TPSA) is 69.6 Å². The van der Waals surface area contributed by atoms with Crippen molar-refractivity contribution in [1.29, 1.82) is 0 Å². The number of benzene rings is 1. The van der Waals surface area contributed by atoms with Gasteiger partial charge in [-0.1, -0.05) is 24.6 Å². The molecule has 0 saturated heterocycles. The zero-order valence-electron chi connectivity index (χ0n) is 13.4. The van der Waals surface area contributed by atoms with Crippen LogP contribution in [0.4, 0.5) is 5.69 Å². The first-order valence-corrected chi connectivity index (χ1v) is 7.67. The fraction of sp³-hybridized carbons (Fsp3) is 0.500. The summed E-state index contributed by atoms with van der Waals surface area (Å²) in [6, 6.07) is 3.18. The summed E-state index contributed by atoms with van der Waals surface area (Å²) in [7, 11) is 0. The molecule has 1 rings (SSSR count). The molecule has 0 aliphatic heterocycles. The Morgan fingerprint density at radius 3 is 2.50 bits per heavy atom. The molecule has 22 heavy (non-hydrogen) atoms. The first kappa shape index (κ1) is 18.5. The molecular formula is C16H23ClN2O3. The minimum atomic E-state index is -0.947. The van der Waals surface area contributed by atoms with Gasteiger partial charge in [0.25, 0.3) is 0 Å². The lowest BCUT2D eigenvalue weighted by atomic mass is 10.1. The summed E-state index contributed by atoms with van der Waals surface area (Å²) in [5.74, 6) is -1.21. The SMILES string of the molecule is CCCN(CC(=O)O)C(C)C(=O)Nc1c(C)cc(C)cc1Cl. The number of rotatable bonds is 7. The van der Waals surface area contributed by atoms with E-state index in [1.54, 1.807) is 17.9 Å². The van der Waals surface area contributed by atoms with Crippen molar-refractivity contribution in [3.63, 3.8) is 0 Å². The van der Waals surface area contributed by atoms with Gasteiger partial charge in [-0.15, -0.1) is 0 Å². The Hall–Kier alpha value is -1.59. The quantitative estimate of drug-likeness (QED) is 0.808. The number of hydrogen-bond acceptors (Lipinski definition) is 3. The second kappa shape index (κ2) is 8.15. The number of anilines is 1. The van der Waals surface area contributed by atoms with E-state index in [0.29, 0.717) is 17.3 Å². The van der Waals surface area contributed by atoms with Gasteiger partial charge in [-0.2, -0.15) is 0 Å². The summed E-state index contributed by atoms with van der Waals surface area (Å²) in [5.41, 5.74) is 2.48. The van der Waals surface area contributed by atoms with Crippen LogP contribution in [0.3, 0.4) is 0 Å². The molecule has 0 radical (unpaired) electrons. The van der Waals surface area contributed by atoms with E-state index in [0.717, 1.165) is 17.5 Å². The van der Waals surface area contributed by atoms with E-state index in [1.165, 1.54) is 0 Å². The van der Waals surface area contributed by atoms with Gasteiger partial charge in [0.1, 0.15) is 0 Å². The van der Waals surface area contributed by atoms with Crippen molar-refractivity contribution in [2.24, 2.45) is 0 Å². The number of carboxylic acids is 1. The number of nitrogens with zero attached hydrogens (tertiary/aromatic N) is 1. The van der Waals surface area contributed by atoms with Gasteiger partial charge in [-0.25, -0.2) is 0 Å². The molecule has 0 spiro atoms. The van der Waals surface area contributed by atoms with Crippen molar-refractivity contribution in [2.75, 3.05) is 18.4 Å². The maximum Gasteiger partial charge on any atom is 0.317 e. The third-order valence-corrected chi connectivity index (χ3v) is 3.75. The van der Waals surface area contributed by atoms with Gasteiger partial charge in [0.05, 0.1) is 23.3 Å². The largest absolute Gasteiger partial charge is 0.480 e. The molecule has 6 heteroatoms. The van der Waals surface area contributed by atoms with Gasteiger partial charge in [0.2, 0.25) is 5.91 Å². The standard InChI is InChI=1S/C16H23ClN2O3/c1-5-6-19(9-14(20)21)12(4)16(22)18-15-11(3)7-10(2)8-13(15)17/h7-8,12H,5-6,9H2,1-4H3,(H,18,22)(H,20,21). The van der Waals surface area contributed by atoms with Crippen molar-refractivity contribution >= 4 is 29.2 Å². The maximum absolute atomic E-state index is 12.4. The number of amides is 1. The second-order valence-corrected chi connectivity index (χ2v) is 5.88. The van der Waals surface area contributed by atoms with Crippen LogP contribution in [0.2, 0.25) is 5.02 Å². The molecule has 1 unspecified atom stereocenters. The highest BCUT2D eigenvalue weighted by atomic mass is 35.5. The fourth-order valence-corrected chi connectivity index (χ4v) is 2.71. The molecule has 1 atom stereocenters. The zero-order valence-corrected chi connectivity index (χ0v) is 14.2. The molecule has 0 heterocycles. The van der Waals surface area contributed by atoms with Crippen LogP contribution in [-0.4, -0.2) is 41.0 Å². The predicted octanol–water partition coefficient (Wildman–Crippen LogP) is 3.08. The van der Waals surface area contributed by atoms with Gasteiger partial charge >= 0.3 is 5.97 Å². The molecule has 0 aliphatic carbocycles. The number of nitrogens with one attached hydrogen (secondary N) is 1. The van der Waals surface area contributed by atoms with Crippen LogP contribution in [0.15, 0.2) is 12.1 Å². The van der Waals surface area contributed by atoms with E-state index < -0.39 is 12.0 Å². The van der Waals surface area contributed by atoms with E-state index in [2.05, 4.69) is 5.32 Å². The Morgan fingerprint density at radius 2 is 2.00 bits per heavy atom. The summed E-state index contributed by atoms with van der Waals surface area (Å²) in [6.45, 7) is 7.83. The van der Waals surface area contributed by atoms with E-state index in [-0.39, 0.29) is 12.5 Å². The van der Waals surface area contributed by atoms with Gasteiger partial charge in [0, 0.05) is 0 Å². The number of carbonyl (C=O) groups excluding carboxylic acids is 1. The van der Waals surface area contributed by atoms with E-state index in [9.17, 15) is 9.59 Å². The number of aryl methyl sites for hydroxylation is 2. The average molecular weight is 327 g/mol. The highest BCUT2D eigenvalue weighted by Gasteiger charge is 2.23. The Morgan fingerprint density at radius 1 is 1.36 bits per heavy atom. The van der Waals surface area contributed by atoms with Crippen molar-refractivity contribution in [1.82, 2.24) is 4.90 Å². The minimum absolute atomic E-state index is 0.164. The lowest BCUT2D eigenvalue weighted by Crippen LogP contribution is -2.45. The number of carbonyl (C=O) groups is 2. The van der Waals surface area contributed by atoms with Crippen LogP contribution in [0.1, 0.15) is 31.4 Å². The Bertz CT molecular complexity index is 537. The molecule has 2 N–H and O–H groups in total. The molecule has 1 amide bonds. The summed E-state index contributed by atoms with van der Waals surface area (Å²) in [6.07, 6.45) is 0.773. The molecule has 1 aromatic carbocycles. The molecule has 0 aliphatic rings. The second-order valence-electron chi connectivity index (χ2n) is 5.47. The van der Waals surface area contributed by atoms with E-state index >= 15 is 0 Å². The minimum Gasteiger partial charge on any atom is -0.480 e. The monoisotopic (exact) mass is 326 g/mol. The van der Waals surface area contributed by atoms with Crippen LogP contribution in [0.5, 0.6) is 0 Å². The summed E-state index contributed by atoms with van der Waals surface area (Å²) in [5, 5.41) is 12.3. The van der Waals surface area contributed by atoms with Crippen LogP contribution in [0, 0.1) is 13.8 Å². The van der Waals surface area contributed by atoms with Gasteiger partial charge in [-0.05, 0) is 50.9 Å². The number of aliphatic carboxylic acids is 1. The van der Waals surface area contributed by atoms with Crippen LogP contribution in [0.25, 0.3) is 0 Å². The first-order valence-electron chi connectivity index (χ1n) is 7.29. The molecule has 0 saturated carbocycles. The summed E-state index contributed by atoms with van der Waals surface area (Å²) >= 11 is 6.19. The van der Waals surface area contributed by atoms with E-state index in [4.69, 9.17) is 16.7 Å². The molecule has 5 nitrogen and oxygen atoms in total. The molecule has 122 valence electrons. The van der Waals surface area contributed by atoms with Gasteiger partial charge < -0.3 is 10.4 Å². The smallest absolute Gasteiger partial charge is 0.317 e. The Balaban J connectivity index is 2.89. The van der Waals surface area contributed by atoms with Gasteiger partial charge in [-0.3, -0.25) is 14.5 Å². The summed E-state index contributed by atoms with van der Waals surface area (Å²) < 4.78 is 0. The number of carboxylic acid groups (broad SMARTS) is 1. The van der Waals surface area contributed by atoms with Crippen molar-refractivity contribution in [3.8, 4) is 0 Å². The highest BCUT2D eigenvalue weighted by Crippen LogP contribution is 2.27. The van der Waals surface area contributed by atoms with Crippen molar-refractivity contribution in [2.45, 2.75) is 40.2 Å². The van der Waals surface area contributed by atoms with Gasteiger partial charge in [0.15, 0.2) is 0 Å². The lowest BCUT2D eigenvalue weighted by molar-refractivity contribution is -0.139. The van der Waals surface area contributed by atoms with Crippen LogP contribution in [-0.2, 0) is 9.59 Å². The Kier molecular flexibility index (Phi) is 6.84. The average Bonchev–Trinajstić information content (AvgIpc) is 2.40. The molecular weight excluding hydrogens is 304 g/mol. The van der Waals surface area contributed by atoms with E-state index in [1.807, 2.05) is 26.8 Å². The highest BCUT2D eigenvalue weighted by molar-refractivity contribution is 6.34. The van der Waals surface area contributed by atoms with Crippen LogP contribution < -0.4 is 5.32 Å². The molecule has 0 bridgehead atoms. The zero-order chi connectivity index (χ0) is 16.9. The third-order valence-electron chi connectivity index (χ3n) is 3.46. The predicted molar refractivity (Wildman–Crippen MR) is 88.5 cm³/mol. The fourth-order valence-electron chi connectivity index (χ4n) is 2.34. The lowest BCUT2D eigenvalue weighted by Gasteiger charge is -2.26. The Labute approximate surface area is 136 Å². The van der Waals surface area contributed by atoms with Crippen LogP contribution >= 0.6 is 11.6 Å². The first-order chi connectivity index (χ1) is 10.3. The third kappa shape index (κ3) is 5.00. The molecule has 0 fully saturated rings. The number of hydrogen-bond donors (Lipinski definition) is 2.